The predicted octanol–water partition coefficient (Wildman–Crippen LogP) is 3.49. The van der Waals surface area contributed by atoms with Gasteiger partial charge in [-0.1, -0.05) is 12.2 Å². The second-order valence-electron chi connectivity index (χ2n) is 2.42. The maximum Gasteiger partial charge on any atom is 0.433 e. The molecule has 0 radical (unpaired) electrons. The summed E-state index contributed by atoms with van der Waals surface area (Å²) in [6, 6.07) is 0. The standard InChI is InChI=1S/C9H12F3N/c1-4-6-8(9(10,11)12)13-7(3)5-2/h4-6H,1-3H3/b6-4-,7-5-,13-8+. The van der Waals surface area contributed by atoms with E-state index in [1.54, 1.807) is 6.92 Å². The fraction of sp³-hybridized carbons (Fsp3) is 0.444. The first-order valence-corrected chi connectivity index (χ1v) is 3.83. The average molecular weight is 191 g/mol. The Balaban J connectivity index is 4.93. The van der Waals surface area contributed by atoms with Crippen LogP contribution >= 0.6 is 0 Å². The summed E-state index contributed by atoms with van der Waals surface area (Å²) in [5.41, 5.74) is -0.518. The maximum atomic E-state index is 12.2. The molecule has 0 unspecified atom stereocenters. The molecule has 4 heteroatoms. The van der Waals surface area contributed by atoms with E-state index in [4.69, 9.17) is 0 Å². The Morgan fingerprint density at radius 3 is 2.08 bits per heavy atom. The highest BCUT2D eigenvalue weighted by Gasteiger charge is 2.33. The fourth-order valence-corrected chi connectivity index (χ4v) is 0.608. The number of allylic oxidation sites excluding steroid dienone is 4. The summed E-state index contributed by atoms with van der Waals surface area (Å²) in [5, 5.41) is 0. The van der Waals surface area contributed by atoms with E-state index in [0.29, 0.717) is 5.70 Å². The predicted molar refractivity (Wildman–Crippen MR) is 47.7 cm³/mol. The molecule has 0 amide bonds. The summed E-state index contributed by atoms with van der Waals surface area (Å²) in [6.45, 7) is 4.68. The fourth-order valence-electron chi connectivity index (χ4n) is 0.608. The number of rotatable bonds is 2. The Morgan fingerprint density at radius 1 is 1.23 bits per heavy atom. The van der Waals surface area contributed by atoms with Crippen LogP contribution in [0.2, 0.25) is 0 Å². The molecule has 0 saturated heterocycles. The molecule has 0 saturated carbocycles. The molecule has 0 N–H and O–H groups in total. The van der Waals surface area contributed by atoms with E-state index >= 15 is 0 Å². The quantitative estimate of drug-likeness (QED) is 0.592. The maximum absolute atomic E-state index is 12.2. The van der Waals surface area contributed by atoms with E-state index in [1.807, 2.05) is 0 Å². The van der Waals surface area contributed by atoms with Crippen molar-refractivity contribution >= 4 is 5.71 Å². The third kappa shape index (κ3) is 4.50. The van der Waals surface area contributed by atoms with Crippen LogP contribution in [0.1, 0.15) is 20.8 Å². The first-order chi connectivity index (χ1) is 5.91. The zero-order valence-electron chi connectivity index (χ0n) is 7.81. The van der Waals surface area contributed by atoms with E-state index in [2.05, 4.69) is 4.99 Å². The van der Waals surface area contributed by atoms with Crippen molar-refractivity contribution in [3.8, 4) is 0 Å². The van der Waals surface area contributed by atoms with Crippen molar-refractivity contribution in [1.82, 2.24) is 0 Å². The van der Waals surface area contributed by atoms with Crippen LogP contribution in [0.25, 0.3) is 0 Å². The van der Waals surface area contributed by atoms with E-state index in [1.165, 1.54) is 26.0 Å². The third-order valence-corrected chi connectivity index (χ3v) is 1.33. The van der Waals surface area contributed by atoms with Crippen LogP contribution in [0.15, 0.2) is 28.9 Å². The minimum atomic E-state index is -4.38. The number of aliphatic imine (C=N–C) groups is 1. The van der Waals surface area contributed by atoms with E-state index < -0.39 is 11.9 Å². The minimum Gasteiger partial charge on any atom is -0.249 e. The molecule has 0 atom stereocenters. The Hall–Kier alpha value is -1.06. The average Bonchev–Trinajstić information content (AvgIpc) is 2.01. The van der Waals surface area contributed by atoms with Gasteiger partial charge in [-0.25, -0.2) is 4.99 Å². The van der Waals surface area contributed by atoms with Gasteiger partial charge in [0.15, 0.2) is 0 Å². The molecule has 0 rings (SSSR count). The molecule has 0 fully saturated rings. The molecule has 0 aliphatic carbocycles. The van der Waals surface area contributed by atoms with Gasteiger partial charge in [-0.15, -0.1) is 0 Å². The third-order valence-electron chi connectivity index (χ3n) is 1.33. The van der Waals surface area contributed by atoms with Gasteiger partial charge in [-0.2, -0.15) is 13.2 Å². The van der Waals surface area contributed by atoms with Crippen molar-refractivity contribution < 1.29 is 13.2 Å². The van der Waals surface area contributed by atoms with Gasteiger partial charge < -0.3 is 0 Å². The van der Waals surface area contributed by atoms with Gasteiger partial charge in [0.1, 0.15) is 5.71 Å². The lowest BCUT2D eigenvalue weighted by Gasteiger charge is -2.05. The molecule has 0 aliphatic heterocycles. The molecule has 0 aromatic rings. The highest BCUT2D eigenvalue weighted by atomic mass is 19.4. The lowest BCUT2D eigenvalue weighted by molar-refractivity contribution is -0.0577. The van der Waals surface area contributed by atoms with E-state index in [0.717, 1.165) is 6.08 Å². The summed E-state index contributed by atoms with van der Waals surface area (Å²) >= 11 is 0. The summed E-state index contributed by atoms with van der Waals surface area (Å²) in [5.74, 6) is 0. The van der Waals surface area contributed by atoms with Crippen LogP contribution in [0.4, 0.5) is 13.2 Å². The minimum absolute atomic E-state index is 0.352. The largest absolute Gasteiger partial charge is 0.433 e. The van der Waals surface area contributed by atoms with Crippen LogP contribution in [0, 0.1) is 0 Å². The van der Waals surface area contributed by atoms with Crippen molar-refractivity contribution in [2.45, 2.75) is 26.9 Å². The van der Waals surface area contributed by atoms with Crippen molar-refractivity contribution in [3.05, 3.63) is 23.9 Å². The van der Waals surface area contributed by atoms with Crippen LogP contribution < -0.4 is 0 Å². The van der Waals surface area contributed by atoms with Gasteiger partial charge in [0.25, 0.3) is 0 Å². The molecule has 1 nitrogen and oxygen atoms in total. The van der Waals surface area contributed by atoms with Gasteiger partial charge in [-0.05, 0) is 26.8 Å². The zero-order valence-corrected chi connectivity index (χ0v) is 7.81. The second kappa shape index (κ2) is 4.84. The normalized spacial score (nSPS) is 15.5. The zero-order chi connectivity index (χ0) is 10.5. The second-order valence-corrected chi connectivity index (χ2v) is 2.42. The van der Waals surface area contributed by atoms with Crippen LogP contribution in [0.5, 0.6) is 0 Å². The molecule has 0 aliphatic rings. The van der Waals surface area contributed by atoms with Crippen LogP contribution in [-0.2, 0) is 0 Å². The van der Waals surface area contributed by atoms with Crippen molar-refractivity contribution in [2.75, 3.05) is 0 Å². The van der Waals surface area contributed by atoms with Crippen LogP contribution in [0.3, 0.4) is 0 Å². The molecule has 13 heavy (non-hydrogen) atoms. The molecular formula is C9H12F3N. The molecular weight excluding hydrogens is 179 g/mol. The van der Waals surface area contributed by atoms with Gasteiger partial charge in [0.05, 0.1) is 0 Å². The highest BCUT2D eigenvalue weighted by molar-refractivity contribution is 5.99. The topological polar surface area (TPSA) is 12.4 Å². The van der Waals surface area contributed by atoms with Gasteiger partial charge in [0.2, 0.25) is 0 Å². The van der Waals surface area contributed by atoms with Gasteiger partial charge in [-0.3, -0.25) is 0 Å². The molecule has 74 valence electrons. The smallest absolute Gasteiger partial charge is 0.249 e. The Bertz CT molecular complexity index is 246. The summed E-state index contributed by atoms with van der Waals surface area (Å²) in [6.07, 6.45) is -0.589. The van der Waals surface area contributed by atoms with Crippen molar-refractivity contribution in [2.24, 2.45) is 4.99 Å². The summed E-state index contributed by atoms with van der Waals surface area (Å²) in [7, 11) is 0. The highest BCUT2D eigenvalue weighted by Crippen LogP contribution is 2.19. The Morgan fingerprint density at radius 2 is 1.77 bits per heavy atom. The van der Waals surface area contributed by atoms with Crippen molar-refractivity contribution in [1.29, 1.82) is 0 Å². The molecule has 0 bridgehead atoms. The number of nitrogens with zero attached hydrogens (tertiary/aromatic N) is 1. The van der Waals surface area contributed by atoms with Crippen molar-refractivity contribution in [3.63, 3.8) is 0 Å². The SMILES string of the molecule is C\C=C/C(=N\C(C)=C/C)C(F)(F)F. The number of alkyl halides is 3. The first-order valence-electron chi connectivity index (χ1n) is 3.83. The summed E-state index contributed by atoms with van der Waals surface area (Å²) in [4.78, 5) is 3.42. The summed E-state index contributed by atoms with van der Waals surface area (Å²) < 4.78 is 36.6. The number of hydrogen-bond acceptors (Lipinski definition) is 1. The molecule has 0 heterocycles. The molecule has 0 aromatic carbocycles. The van der Waals surface area contributed by atoms with Gasteiger partial charge in [0, 0.05) is 5.70 Å². The van der Waals surface area contributed by atoms with Gasteiger partial charge >= 0.3 is 6.18 Å². The lowest BCUT2D eigenvalue weighted by Crippen LogP contribution is -2.20. The Labute approximate surface area is 75.7 Å². The lowest BCUT2D eigenvalue weighted by atomic mass is 10.3. The first kappa shape index (κ1) is 11.9. The molecule has 0 aromatic heterocycles. The Kier molecular flexibility index (Phi) is 4.45. The van der Waals surface area contributed by atoms with E-state index in [9.17, 15) is 13.2 Å². The monoisotopic (exact) mass is 191 g/mol. The molecule has 0 spiro atoms. The number of hydrogen-bond donors (Lipinski definition) is 0. The number of halogens is 3. The van der Waals surface area contributed by atoms with E-state index in [-0.39, 0.29) is 0 Å². The van der Waals surface area contributed by atoms with Crippen LogP contribution in [-0.4, -0.2) is 11.9 Å².